The molecule has 4 nitrogen and oxygen atoms in total. The molecule has 1 rings (SSSR count). The van der Waals surface area contributed by atoms with Gasteiger partial charge in [-0.25, -0.2) is 0 Å². The summed E-state index contributed by atoms with van der Waals surface area (Å²) in [7, 11) is 0. The molecule has 0 aliphatic rings. The second kappa shape index (κ2) is 7.24. The van der Waals surface area contributed by atoms with E-state index in [1.165, 1.54) is 0 Å². The Morgan fingerprint density at radius 2 is 2.28 bits per heavy atom. The van der Waals surface area contributed by atoms with E-state index in [1.54, 1.807) is 25.1 Å². The molecule has 0 aliphatic heterocycles. The van der Waals surface area contributed by atoms with Crippen LogP contribution in [0.2, 0.25) is 5.02 Å². The number of rotatable bonds is 6. The van der Waals surface area contributed by atoms with Gasteiger partial charge in [-0.1, -0.05) is 24.6 Å². The summed E-state index contributed by atoms with van der Waals surface area (Å²) in [4.78, 5) is 11.7. The number of ether oxygens (including phenoxy) is 1. The molecule has 100 valence electrons. The quantitative estimate of drug-likeness (QED) is 0.833. The monoisotopic (exact) mass is 271 g/mol. The van der Waals surface area contributed by atoms with E-state index in [-0.39, 0.29) is 12.5 Å². The smallest absolute Gasteiger partial charge is 0.260 e. The summed E-state index contributed by atoms with van der Waals surface area (Å²) >= 11 is 5.94. The Hall–Kier alpha value is -1.26. The summed E-state index contributed by atoms with van der Waals surface area (Å²) in [5.41, 5.74) is 0.495. The lowest BCUT2D eigenvalue weighted by molar-refractivity contribution is -0.127. The molecule has 1 aromatic carbocycles. The number of amides is 1. The highest BCUT2D eigenvalue weighted by molar-refractivity contribution is 6.31. The molecule has 5 heteroatoms. The molecular weight excluding hydrogens is 254 g/mol. The molecule has 1 amide bonds. The van der Waals surface area contributed by atoms with E-state index in [2.05, 4.69) is 5.32 Å². The number of carbonyl (C=O) groups is 1. The second-order valence-corrected chi connectivity index (χ2v) is 4.33. The molecule has 0 heterocycles. The normalized spacial score (nSPS) is 12.0. The highest BCUT2D eigenvalue weighted by Crippen LogP contribution is 2.27. The fraction of sp³-hybridized carbons (Fsp3) is 0.462. The number of halogens is 1. The van der Waals surface area contributed by atoms with Crippen molar-refractivity contribution in [3.63, 3.8) is 0 Å². The van der Waals surface area contributed by atoms with Gasteiger partial charge < -0.3 is 15.2 Å². The zero-order valence-corrected chi connectivity index (χ0v) is 11.3. The SMILES string of the molecule is CCCNC(=O)C(C)Oc1cccc(Cl)c1CO. The van der Waals surface area contributed by atoms with Crippen molar-refractivity contribution in [1.29, 1.82) is 0 Å². The molecule has 1 unspecified atom stereocenters. The van der Waals surface area contributed by atoms with Crippen LogP contribution in [0.15, 0.2) is 18.2 Å². The first-order chi connectivity index (χ1) is 8.60. The fourth-order valence-electron chi connectivity index (χ4n) is 1.44. The lowest BCUT2D eigenvalue weighted by Crippen LogP contribution is -2.36. The zero-order chi connectivity index (χ0) is 13.5. The molecule has 0 saturated heterocycles. The van der Waals surface area contributed by atoms with Crippen molar-refractivity contribution >= 4 is 17.5 Å². The first kappa shape index (κ1) is 14.8. The van der Waals surface area contributed by atoms with Crippen molar-refractivity contribution in [3.05, 3.63) is 28.8 Å². The van der Waals surface area contributed by atoms with Crippen LogP contribution < -0.4 is 10.1 Å². The maximum atomic E-state index is 11.7. The van der Waals surface area contributed by atoms with Crippen molar-refractivity contribution in [1.82, 2.24) is 5.32 Å². The lowest BCUT2D eigenvalue weighted by atomic mass is 10.2. The van der Waals surface area contributed by atoms with E-state index in [9.17, 15) is 9.90 Å². The van der Waals surface area contributed by atoms with Gasteiger partial charge in [0.25, 0.3) is 5.91 Å². The Morgan fingerprint density at radius 3 is 2.89 bits per heavy atom. The molecule has 0 radical (unpaired) electrons. The van der Waals surface area contributed by atoms with Gasteiger partial charge in [-0.3, -0.25) is 4.79 Å². The van der Waals surface area contributed by atoms with E-state index in [1.807, 2.05) is 6.92 Å². The van der Waals surface area contributed by atoms with E-state index >= 15 is 0 Å². The summed E-state index contributed by atoms with van der Waals surface area (Å²) in [5.74, 6) is 0.255. The first-order valence-electron chi connectivity index (χ1n) is 5.92. The third-order valence-corrected chi connectivity index (χ3v) is 2.81. The van der Waals surface area contributed by atoms with Crippen LogP contribution in [0.4, 0.5) is 0 Å². The Bertz CT molecular complexity index is 409. The maximum Gasteiger partial charge on any atom is 0.260 e. The van der Waals surface area contributed by atoms with Gasteiger partial charge in [0.05, 0.1) is 6.61 Å². The number of benzene rings is 1. The molecular formula is C13H18ClNO3. The molecule has 0 saturated carbocycles. The van der Waals surface area contributed by atoms with Crippen LogP contribution in [0.25, 0.3) is 0 Å². The Morgan fingerprint density at radius 1 is 1.56 bits per heavy atom. The van der Waals surface area contributed by atoms with Crippen LogP contribution in [0.5, 0.6) is 5.75 Å². The van der Waals surface area contributed by atoms with Crippen LogP contribution in [-0.2, 0) is 11.4 Å². The molecule has 2 N–H and O–H groups in total. The number of aliphatic hydroxyl groups excluding tert-OH is 1. The molecule has 0 fully saturated rings. The van der Waals surface area contributed by atoms with Crippen molar-refractivity contribution < 1.29 is 14.6 Å². The fourth-order valence-corrected chi connectivity index (χ4v) is 1.66. The van der Waals surface area contributed by atoms with Gasteiger partial charge in [-0.15, -0.1) is 0 Å². The Labute approximate surface area is 112 Å². The average Bonchev–Trinajstić information content (AvgIpc) is 2.36. The van der Waals surface area contributed by atoms with Crippen LogP contribution in [0.1, 0.15) is 25.8 Å². The standard InChI is InChI=1S/C13H18ClNO3/c1-3-7-15-13(17)9(2)18-12-6-4-5-11(14)10(12)8-16/h4-6,9,16H,3,7-8H2,1-2H3,(H,15,17). The van der Waals surface area contributed by atoms with Gasteiger partial charge in [0.2, 0.25) is 0 Å². The Balaban J connectivity index is 2.72. The maximum absolute atomic E-state index is 11.7. The molecule has 1 aromatic rings. The van der Waals surface area contributed by atoms with Crippen LogP contribution >= 0.6 is 11.6 Å². The molecule has 1 atom stereocenters. The Kier molecular flexibility index (Phi) is 5.95. The predicted molar refractivity (Wildman–Crippen MR) is 70.8 cm³/mol. The minimum atomic E-state index is -0.625. The highest BCUT2D eigenvalue weighted by atomic mass is 35.5. The predicted octanol–water partition coefficient (Wildman–Crippen LogP) is 2.13. The van der Waals surface area contributed by atoms with Gasteiger partial charge in [-0.05, 0) is 25.5 Å². The minimum Gasteiger partial charge on any atom is -0.480 e. The number of hydrogen-bond acceptors (Lipinski definition) is 3. The molecule has 18 heavy (non-hydrogen) atoms. The first-order valence-corrected chi connectivity index (χ1v) is 6.30. The van der Waals surface area contributed by atoms with E-state index in [4.69, 9.17) is 16.3 Å². The highest BCUT2D eigenvalue weighted by Gasteiger charge is 2.16. The van der Waals surface area contributed by atoms with Crippen LogP contribution in [0.3, 0.4) is 0 Å². The van der Waals surface area contributed by atoms with E-state index in [0.29, 0.717) is 22.9 Å². The van der Waals surface area contributed by atoms with Crippen molar-refractivity contribution in [2.45, 2.75) is 33.0 Å². The number of hydrogen-bond donors (Lipinski definition) is 2. The third kappa shape index (κ3) is 3.89. The third-order valence-electron chi connectivity index (χ3n) is 2.46. The summed E-state index contributed by atoms with van der Waals surface area (Å²) < 4.78 is 5.52. The summed E-state index contributed by atoms with van der Waals surface area (Å²) in [5, 5.41) is 12.4. The molecule has 0 aliphatic carbocycles. The summed E-state index contributed by atoms with van der Waals surface area (Å²) in [6, 6.07) is 5.07. The van der Waals surface area contributed by atoms with Gasteiger partial charge in [-0.2, -0.15) is 0 Å². The minimum absolute atomic E-state index is 0.180. The number of aliphatic hydroxyl groups is 1. The van der Waals surface area contributed by atoms with Crippen molar-refractivity contribution in [3.8, 4) is 5.75 Å². The van der Waals surface area contributed by atoms with Crippen molar-refractivity contribution in [2.75, 3.05) is 6.54 Å². The lowest BCUT2D eigenvalue weighted by Gasteiger charge is -2.17. The molecule has 0 aromatic heterocycles. The zero-order valence-electron chi connectivity index (χ0n) is 10.6. The summed E-state index contributed by atoms with van der Waals surface area (Å²) in [6.07, 6.45) is 0.248. The van der Waals surface area contributed by atoms with E-state index < -0.39 is 6.10 Å². The number of carbonyl (C=O) groups excluding carboxylic acids is 1. The van der Waals surface area contributed by atoms with Gasteiger partial charge in [0.1, 0.15) is 5.75 Å². The largest absolute Gasteiger partial charge is 0.480 e. The van der Waals surface area contributed by atoms with Gasteiger partial charge >= 0.3 is 0 Å². The van der Waals surface area contributed by atoms with Crippen LogP contribution in [-0.4, -0.2) is 23.7 Å². The van der Waals surface area contributed by atoms with Gasteiger partial charge in [0.15, 0.2) is 6.10 Å². The van der Waals surface area contributed by atoms with Crippen molar-refractivity contribution in [2.24, 2.45) is 0 Å². The topological polar surface area (TPSA) is 58.6 Å². The summed E-state index contributed by atoms with van der Waals surface area (Å²) in [6.45, 7) is 4.03. The molecule has 0 bridgehead atoms. The number of nitrogens with one attached hydrogen (secondary N) is 1. The second-order valence-electron chi connectivity index (χ2n) is 3.93. The van der Waals surface area contributed by atoms with Gasteiger partial charge in [0, 0.05) is 17.1 Å². The van der Waals surface area contributed by atoms with Crippen LogP contribution in [0, 0.1) is 0 Å². The molecule has 0 spiro atoms. The van der Waals surface area contributed by atoms with E-state index in [0.717, 1.165) is 6.42 Å². The average molecular weight is 272 g/mol.